The molecule has 0 aromatic carbocycles. The van der Waals surface area contributed by atoms with Gasteiger partial charge in [0.2, 0.25) is 0 Å². The minimum Gasteiger partial charge on any atom is -0.546 e. The zero-order valence-electron chi connectivity index (χ0n) is 16.9. The molecular weight excluding hydrogens is 354 g/mol. The molecule has 0 saturated heterocycles. The first-order valence-corrected chi connectivity index (χ1v) is 10.5. The summed E-state index contributed by atoms with van der Waals surface area (Å²) in [6.07, 6.45) is 15.7. The van der Waals surface area contributed by atoms with Crippen molar-refractivity contribution in [2.45, 2.75) is 70.8 Å². The van der Waals surface area contributed by atoms with Gasteiger partial charge in [-0.15, -0.1) is 6.42 Å². The van der Waals surface area contributed by atoms with Crippen LogP contribution in [0.4, 0.5) is 0 Å². The average Bonchev–Trinajstić information content (AvgIpc) is 2.93. The van der Waals surface area contributed by atoms with Gasteiger partial charge in [-0.2, -0.15) is 0 Å². The van der Waals surface area contributed by atoms with Crippen LogP contribution in [0.2, 0.25) is 0 Å². The van der Waals surface area contributed by atoms with E-state index in [1.807, 2.05) is 0 Å². The van der Waals surface area contributed by atoms with Crippen molar-refractivity contribution < 1.29 is 19.8 Å². The number of rotatable bonds is 3. The van der Waals surface area contributed by atoms with Gasteiger partial charge >= 0.3 is 0 Å². The van der Waals surface area contributed by atoms with Crippen molar-refractivity contribution in [3.8, 4) is 12.3 Å². The number of aliphatic hydroxyl groups is 1. The van der Waals surface area contributed by atoms with E-state index >= 15 is 0 Å². The minimum absolute atomic E-state index is 0.147. The number of oxime groups is 1. The molecule has 4 rings (SSSR count). The molecule has 3 saturated carbocycles. The molecule has 152 valence electrons. The first kappa shape index (κ1) is 19.5. The van der Waals surface area contributed by atoms with Crippen molar-refractivity contribution >= 4 is 11.7 Å². The third kappa shape index (κ3) is 2.72. The van der Waals surface area contributed by atoms with Gasteiger partial charge in [-0.05, 0) is 80.6 Å². The number of carboxylic acids is 1. The zero-order valence-corrected chi connectivity index (χ0v) is 16.9. The molecule has 0 aliphatic heterocycles. The van der Waals surface area contributed by atoms with E-state index in [9.17, 15) is 15.0 Å². The Labute approximate surface area is 167 Å². The fraction of sp³-hybridized carbons (Fsp3) is 0.739. The summed E-state index contributed by atoms with van der Waals surface area (Å²) in [6, 6.07) is 0. The Kier molecular flexibility index (Phi) is 4.62. The molecule has 0 amide bonds. The lowest BCUT2D eigenvalue weighted by molar-refractivity contribution is -0.309. The van der Waals surface area contributed by atoms with E-state index in [1.165, 1.54) is 5.57 Å². The number of terminal acetylenes is 1. The van der Waals surface area contributed by atoms with E-state index in [2.05, 4.69) is 31.0 Å². The summed E-state index contributed by atoms with van der Waals surface area (Å²) >= 11 is 0. The summed E-state index contributed by atoms with van der Waals surface area (Å²) < 4.78 is 0. The largest absolute Gasteiger partial charge is 0.546 e. The highest BCUT2D eigenvalue weighted by atomic mass is 16.6. The second-order valence-corrected chi connectivity index (χ2v) is 9.73. The smallest absolute Gasteiger partial charge is 0.156 e. The van der Waals surface area contributed by atoms with Gasteiger partial charge in [0.15, 0.2) is 6.61 Å². The Morgan fingerprint density at radius 2 is 2.04 bits per heavy atom. The number of carboxylic acid groups (broad SMARTS) is 1. The molecule has 0 aromatic rings. The van der Waals surface area contributed by atoms with Crippen LogP contribution in [-0.2, 0) is 9.63 Å². The quantitative estimate of drug-likeness (QED) is 0.598. The molecule has 0 spiro atoms. The van der Waals surface area contributed by atoms with Crippen LogP contribution in [0.5, 0.6) is 0 Å². The van der Waals surface area contributed by atoms with E-state index in [0.717, 1.165) is 57.1 Å². The van der Waals surface area contributed by atoms with Gasteiger partial charge in [0, 0.05) is 5.41 Å². The molecule has 0 aromatic heterocycles. The molecule has 0 heterocycles. The number of carbonyl (C=O) groups excluding carboxylic acids is 1. The van der Waals surface area contributed by atoms with E-state index < -0.39 is 18.2 Å². The topological polar surface area (TPSA) is 82.0 Å². The number of allylic oxidation sites excluding steroid dienone is 2. The van der Waals surface area contributed by atoms with Crippen LogP contribution in [0.3, 0.4) is 0 Å². The minimum atomic E-state index is -1.26. The number of aliphatic carboxylic acids is 1. The first-order valence-electron chi connectivity index (χ1n) is 10.5. The van der Waals surface area contributed by atoms with Gasteiger partial charge in [-0.1, -0.05) is 30.5 Å². The Morgan fingerprint density at radius 3 is 2.75 bits per heavy atom. The predicted molar refractivity (Wildman–Crippen MR) is 104 cm³/mol. The van der Waals surface area contributed by atoms with E-state index in [1.54, 1.807) is 0 Å². The highest BCUT2D eigenvalue weighted by Gasteiger charge is 2.63. The molecular formula is C23H30NO4-. The maximum Gasteiger partial charge on any atom is 0.156 e. The van der Waals surface area contributed by atoms with Crippen LogP contribution >= 0.6 is 0 Å². The monoisotopic (exact) mass is 384 g/mol. The van der Waals surface area contributed by atoms with Crippen molar-refractivity contribution in [3.63, 3.8) is 0 Å². The van der Waals surface area contributed by atoms with Crippen molar-refractivity contribution in [3.05, 3.63) is 11.6 Å². The summed E-state index contributed by atoms with van der Waals surface area (Å²) in [7, 11) is 0. The lowest BCUT2D eigenvalue weighted by Gasteiger charge is -2.58. The average molecular weight is 384 g/mol. The fourth-order valence-corrected chi connectivity index (χ4v) is 7.06. The Morgan fingerprint density at radius 1 is 1.29 bits per heavy atom. The molecule has 0 unspecified atom stereocenters. The van der Waals surface area contributed by atoms with Gasteiger partial charge in [0.25, 0.3) is 0 Å². The SMILES string of the molecule is C#C[C@@]1(O)CC[C@@H]2[C@@H]3CCC4=CC(=NOCC(=O)[O-])CC[C@]4(C)[C@H]3CC[C@@]21C. The van der Waals surface area contributed by atoms with Crippen molar-refractivity contribution in [1.29, 1.82) is 0 Å². The predicted octanol–water partition coefficient (Wildman–Crippen LogP) is 2.44. The first-order chi connectivity index (χ1) is 13.2. The summed E-state index contributed by atoms with van der Waals surface area (Å²) in [5.74, 6) is 3.19. The molecule has 3 fully saturated rings. The molecule has 28 heavy (non-hydrogen) atoms. The van der Waals surface area contributed by atoms with E-state index in [-0.39, 0.29) is 10.8 Å². The third-order valence-corrected chi connectivity index (χ3v) is 8.73. The second-order valence-electron chi connectivity index (χ2n) is 9.73. The molecule has 6 atom stereocenters. The number of hydrogen-bond acceptors (Lipinski definition) is 5. The van der Waals surface area contributed by atoms with Crippen LogP contribution in [0.25, 0.3) is 0 Å². The van der Waals surface area contributed by atoms with Crippen LogP contribution in [-0.4, -0.2) is 29.0 Å². The molecule has 0 radical (unpaired) electrons. The van der Waals surface area contributed by atoms with Gasteiger partial charge in [0.1, 0.15) is 5.60 Å². The number of fused-ring (bicyclic) bond motifs is 5. The highest BCUT2D eigenvalue weighted by molar-refractivity contribution is 5.96. The fourth-order valence-electron chi connectivity index (χ4n) is 7.06. The molecule has 0 bridgehead atoms. The number of nitrogens with zero attached hydrogens (tertiary/aromatic N) is 1. The van der Waals surface area contributed by atoms with Gasteiger partial charge in [-0.25, -0.2) is 0 Å². The summed E-state index contributed by atoms with van der Waals surface area (Å²) in [5, 5.41) is 25.6. The molecule has 4 aliphatic carbocycles. The van der Waals surface area contributed by atoms with Crippen molar-refractivity contribution in [1.82, 2.24) is 0 Å². The lowest BCUT2D eigenvalue weighted by Crippen LogP contribution is -2.54. The van der Waals surface area contributed by atoms with E-state index in [4.69, 9.17) is 11.3 Å². The molecule has 5 nitrogen and oxygen atoms in total. The van der Waals surface area contributed by atoms with Crippen molar-refractivity contribution in [2.75, 3.05) is 6.61 Å². The van der Waals surface area contributed by atoms with Crippen LogP contribution in [0.15, 0.2) is 16.8 Å². The molecule has 1 N–H and O–H groups in total. The van der Waals surface area contributed by atoms with Gasteiger partial charge < -0.3 is 19.8 Å². The third-order valence-electron chi connectivity index (χ3n) is 8.73. The summed E-state index contributed by atoms with van der Waals surface area (Å²) in [6.45, 7) is 4.10. The molecule has 5 heteroatoms. The standard InChI is InChI=1S/C23H31NO4/c1-4-23(27)12-9-19-17-6-5-15-13-16(24-28-14-20(25)26)7-10-21(15,2)18(17)8-11-22(19,23)3/h1,13,17-19,27H,5-12,14H2,2-3H3,(H,25,26)/p-1/t17-,18+,19-,21+,22+,23-/m1/s1. The van der Waals surface area contributed by atoms with Gasteiger partial charge in [-0.3, -0.25) is 0 Å². The second kappa shape index (κ2) is 6.62. The van der Waals surface area contributed by atoms with Crippen LogP contribution < -0.4 is 5.11 Å². The lowest BCUT2D eigenvalue weighted by atomic mass is 9.46. The summed E-state index contributed by atoms with van der Waals surface area (Å²) in [5.41, 5.74) is 1.28. The Hall–Kier alpha value is -1.80. The maximum absolute atomic E-state index is 11.1. The van der Waals surface area contributed by atoms with Crippen LogP contribution in [0.1, 0.15) is 65.2 Å². The normalized spacial score (nSPS) is 46.0. The highest BCUT2D eigenvalue weighted by Crippen LogP contribution is 2.67. The maximum atomic E-state index is 11.1. The zero-order chi connectivity index (χ0) is 20.2. The number of hydrogen-bond donors (Lipinski definition) is 1. The summed E-state index contributed by atoms with van der Waals surface area (Å²) in [4.78, 5) is 15.4. The van der Waals surface area contributed by atoms with Crippen molar-refractivity contribution in [2.24, 2.45) is 33.7 Å². The van der Waals surface area contributed by atoms with Gasteiger partial charge in [0.05, 0.1) is 11.7 Å². The van der Waals surface area contributed by atoms with E-state index in [0.29, 0.717) is 17.8 Å². The number of carbonyl (C=O) groups is 1. The van der Waals surface area contributed by atoms with Crippen LogP contribution in [0, 0.1) is 40.9 Å². The Balaban J connectivity index is 1.57. The Bertz CT molecular complexity index is 780. The molecule has 4 aliphatic rings.